The Bertz CT molecular complexity index is 700. The molecule has 116 valence electrons. The average molecular weight is 317 g/mol. The lowest BCUT2D eigenvalue weighted by atomic mass is 10.2. The van der Waals surface area contributed by atoms with Gasteiger partial charge in [-0.25, -0.2) is 8.78 Å². The van der Waals surface area contributed by atoms with Crippen molar-refractivity contribution in [1.29, 1.82) is 0 Å². The Labute approximate surface area is 121 Å². The van der Waals surface area contributed by atoms with E-state index in [2.05, 4.69) is 10.1 Å². The van der Waals surface area contributed by atoms with E-state index in [0.29, 0.717) is 6.07 Å². The smallest absolute Gasteiger partial charge is 0.404 e. The molecule has 0 aromatic heterocycles. The van der Waals surface area contributed by atoms with Crippen LogP contribution >= 0.6 is 0 Å². The number of hydrogen-bond acceptors (Lipinski definition) is 2. The Kier molecular flexibility index (Phi) is 4.30. The van der Waals surface area contributed by atoms with Crippen molar-refractivity contribution < 1.29 is 31.5 Å². The third-order valence-corrected chi connectivity index (χ3v) is 2.54. The second-order valence-corrected chi connectivity index (χ2v) is 4.13. The fourth-order valence-electron chi connectivity index (χ4n) is 1.62. The van der Waals surface area contributed by atoms with Crippen LogP contribution in [-0.4, -0.2) is 12.3 Å². The van der Waals surface area contributed by atoms with Gasteiger partial charge in [0.1, 0.15) is 0 Å². The number of rotatable bonds is 3. The molecule has 0 saturated carbocycles. The molecule has 3 nitrogen and oxygen atoms in total. The minimum absolute atomic E-state index is 0.249. The molecular formula is C14H8F5NO2. The average Bonchev–Trinajstić information content (AvgIpc) is 2.42. The summed E-state index contributed by atoms with van der Waals surface area (Å²) < 4.78 is 66.4. The molecule has 0 aliphatic carbocycles. The van der Waals surface area contributed by atoms with Crippen LogP contribution in [0.25, 0.3) is 0 Å². The van der Waals surface area contributed by atoms with Gasteiger partial charge in [0, 0.05) is 5.56 Å². The predicted molar refractivity (Wildman–Crippen MR) is 67.4 cm³/mol. The summed E-state index contributed by atoms with van der Waals surface area (Å²) in [4.78, 5) is 11.9. The largest absolute Gasteiger partial charge is 0.573 e. The van der Waals surface area contributed by atoms with Gasteiger partial charge >= 0.3 is 6.36 Å². The van der Waals surface area contributed by atoms with Gasteiger partial charge in [0.15, 0.2) is 17.4 Å². The Morgan fingerprint density at radius 2 is 1.68 bits per heavy atom. The van der Waals surface area contributed by atoms with Crippen LogP contribution in [0, 0.1) is 11.6 Å². The van der Waals surface area contributed by atoms with Gasteiger partial charge in [0.25, 0.3) is 5.91 Å². The maximum absolute atomic E-state index is 13.1. The van der Waals surface area contributed by atoms with Gasteiger partial charge in [0.05, 0.1) is 5.69 Å². The van der Waals surface area contributed by atoms with E-state index in [-0.39, 0.29) is 11.3 Å². The van der Waals surface area contributed by atoms with E-state index < -0.39 is 29.7 Å². The summed E-state index contributed by atoms with van der Waals surface area (Å²) in [6, 6.07) is 7.23. The summed E-state index contributed by atoms with van der Waals surface area (Å²) in [5, 5.41) is 2.14. The molecule has 0 radical (unpaired) electrons. The number of carbonyl (C=O) groups excluding carboxylic acids is 1. The standard InChI is InChI=1S/C14H8F5NO2/c15-9-6-5-8(7-10(9)16)13(21)20-11-3-1-2-4-12(11)22-14(17,18)19/h1-7H,(H,20,21). The summed E-state index contributed by atoms with van der Waals surface area (Å²) in [7, 11) is 0. The molecule has 2 aromatic carbocycles. The number of hydrogen-bond donors (Lipinski definition) is 1. The van der Waals surface area contributed by atoms with E-state index in [1.165, 1.54) is 18.2 Å². The Hall–Kier alpha value is -2.64. The molecule has 0 aliphatic heterocycles. The third-order valence-electron chi connectivity index (χ3n) is 2.54. The molecule has 0 aliphatic rings. The third kappa shape index (κ3) is 3.94. The number of anilines is 1. The first-order valence-corrected chi connectivity index (χ1v) is 5.87. The molecule has 0 fully saturated rings. The van der Waals surface area contributed by atoms with Crippen LogP contribution in [0.5, 0.6) is 5.75 Å². The van der Waals surface area contributed by atoms with E-state index >= 15 is 0 Å². The summed E-state index contributed by atoms with van der Waals surface area (Å²) in [6.07, 6.45) is -4.93. The molecule has 1 amide bonds. The summed E-state index contributed by atoms with van der Waals surface area (Å²) >= 11 is 0. The molecule has 22 heavy (non-hydrogen) atoms. The van der Waals surface area contributed by atoms with Crippen molar-refractivity contribution in [2.24, 2.45) is 0 Å². The number of nitrogens with one attached hydrogen (secondary N) is 1. The van der Waals surface area contributed by atoms with E-state index in [1.54, 1.807) is 0 Å². The van der Waals surface area contributed by atoms with E-state index in [4.69, 9.17) is 0 Å². The zero-order valence-electron chi connectivity index (χ0n) is 10.7. The Morgan fingerprint density at radius 3 is 2.32 bits per heavy atom. The monoisotopic (exact) mass is 317 g/mol. The molecule has 2 rings (SSSR count). The number of carbonyl (C=O) groups is 1. The quantitative estimate of drug-likeness (QED) is 0.865. The Balaban J connectivity index is 2.23. The van der Waals surface area contributed by atoms with Gasteiger partial charge < -0.3 is 10.1 Å². The molecule has 0 atom stereocenters. The highest BCUT2D eigenvalue weighted by Gasteiger charge is 2.32. The van der Waals surface area contributed by atoms with Crippen LogP contribution < -0.4 is 10.1 Å². The predicted octanol–water partition coefficient (Wildman–Crippen LogP) is 4.12. The Morgan fingerprint density at radius 1 is 1.00 bits per heavy atom. The van der Waals surface area contributed by atoms with Crippen LogP contribution in [-0.2, 0) is 0 Å². The highest BCUT2D eigenvalue weighted by Crippen LogP contribution is 2.30. The van der Waals surface area contributed by atoms with Gasteiger partial charge in [0.2, 0.25) is 0 Å². The summed E-state index contributed by atoms with van der Waals surface area (Å²) in [5.74, 6) is -3.91. The lowest BCUT2D eigenvalue weighted by Gasteiger charge is -2.13. The second-order valence-electron chi connectivity index (χ2n) is 4.13. The summed E-state index contributed by atoms with van der Waals surface area (Å²) in [6.45, 7) is 0. The van der Waals surface area contributed by atoms with E-state index in [0.717, 1.165) is 18.2 Å². The van der Waals surface area contributed by atoms with Crippen LogP contribution in [0.3, 0.4) is 0 Å². The topological polar surface area (TPSA) is 38.3 Å². The normalized spacial score (nSPS) is 11.1. The SMILES string of the molecule is O=C(Nc1ccccc1OC(F)(F)F)c1ccc(F)c(F)c1. The minimum Gasteiger partial charge on any atom is -0.404 e. The number of amides is 1. The number of ether oxygens (including phenoxy) is 1. The fourth-order valence-corrected chi connectivity index (χ4v) is 1.62. The minimum atomic E-state index is -4.93. The molecule has 8 heteroatoms. The van der Waals surface area contributed by atoms with Gasteiger partial charge in [-0.2, -0.15) is 0 Å². The van der Waals surface area contributed by atoms with Crippen LogP contribution in [0.4, 0.5) is 27.6 Å². The van der Waals surface area contributed by atoms with Crippen LogP contribution in [0.15, 0.2) is 42.5 Å². The maximum Gasteiger partial charge on any atom is 0.573 e. The zero-order valence-corrected chi connectivity index (χ0v) is 10.7. The highest BCUT2D eigenvalue weighted by atomic mass is 19.4. The molecule has 2 aromatic rings. The first-order chi connectivity index (χ1) is 10.3. The first-order valence-electron chi connectivity index (χ1n) is 5.87. The number of alkyl halides is 3. The van der Waals surface area contributed by atoms with Crippen LogP contribution in [0.2, 0.25) is 0 Å². The molecule has 0 bridgehead atoms. The van der Waals surface area contributed by atoms with Crippen molar-refractivity contribution in [2.75, 3.05) is 5.32 Å². The number of para-hydroxylation sites is 2. The lowest BCUT2D eigenvalue weighted by molar-refractivity contribution is -0.274. The molecule has 0 spiro atoms. The van der Waals surface area contributed by atoms with Crippen LogP contribution in [0.1, 0.15) is 10.4 Å². The van der Waals surface area contributed by atoms with Crippen molar-refractivity contribution in [3.05, 3.63) is 59.7 Å². The lowest BCUT2D eigenvalue weighted by Crippen LogP contribution is -2.19. The highest BCUT2D eigenvalue weighted by molar-refractivity contribution is 6.05. The van der Waals surface area contributed by atoms with E-state index in [9.17, 15) is 26.7 Å². The first kappa shape index (κ1) is 15.7. The fraction of sp³-hybridized carbons (Fsp3) is 0.0714. The van der Waals surface area contributed by atoms with Gasteiger partial charge in [-0.05, 0) is 30.3 Å². The van der Waals surface area contributed by atoms with E-state index in [1.807, 2.05) is 0 Å². The second kappa shape index (κ2) is 6.00. The van der Waals surface area contributed by atoms with Crippen molar-refractivity contribution in [3.63, 3.8) is 0 Å². The molecule has 0 heterocycles. The molecule has 0 saturated heterocycles. The zero-order chi connectivity index (χ0) is 16.3. The van der Waals surface area contributed by atoms with Gasteiger partial charge in [-0.15, -0.1) is 13.2 Å². The van der Waals surface area contributed by atoms with Gasteiger partial charge in [-0.3, -0.25) is 4.79 Å². The molecule has 0 unspecified atom stereocenters. The molecule has 1 N–H and O–H groups in total. The molecular weight excluding hydrogens is 309 g/mol. The number of benzene rings is 2. The van der Waals surface area contributed by atoms with Crippen molar-refractivity contribution >= 4 is 11.6 Å². The summed E-state index contributed by atoms with van der Waals surface area (Å²) in [5.41, 5.74) is -0.504. The van der Waals surface area contributed by atoms with Crippen molar-refractivity contribution in [2.45, 2.75) is 6.36 Å². The maximum atomic E-state index is 13.1. The van der Waals surface area contributed by atoms with Gasteiger partial charge in [-0.1, -0.05) is 12.1 Å². The number of halogens is 5. The van der Waals surface area contributed by atoms with Crippen molar-refractivity contribution in [1.82, 2.24) is 0 Å². The van der Waals surface area contributed by atoms with Crippen molar-refractivity contribution in [3.8, 4) is 5.75 Å².